The fourth-order valence-corrected chi connectivity index (χ4v) is 2.52. The molecule has 1 amide bonds. The number of benzene rings is 1. The van der Waals surface area contributed by atoms with Gasteiger partial charge in [0.25, 0.3) is 0 Å². The van der Waals surface area contributed by atoms with E-state index in [9.17, 15) is 9.18 Å². The summed E-state index contributed by atoms with van der Waals surface area (Å²) in [5, 5.41) is 8.30. The summed E-state index contributed by atoms with van der Waals surface area (Å²) in [5.74, 6) is -0.185. The Morgan fingerprint density at radius 1 is 1.29 bits per heavy atom. The molecular weight excluding hydrogens is 291 g/mol. The van der Waals surface area contributed by atoms with E-state index in [2.05, 4.69) is 10.5 Å². The molecule has 0 saturated carbocycles. The summed E-state index contributed by atoms with van der Waals surface area (Å²) < 4.78 is 18.6. The van der Waals surface area contributed by atoms with Gasteiger partial charge in [-0.25, -0.2) is 4.39 Å². The highest BCUT2D eigenvalue weighted by Gasteiger charge is 2.12. The van der Waals surface area contributed by atoms with Crippen LogP contribution in [0.5, 0.6) is 0 Å². The standard InChI is InChI=1S/C15H11FN2O2S/c16-11-4-1-2-5-12(11)17-15(19)9-10-8-13(20-18-10)14-6-3-7-21-14/h1-8H,9H2,(H,17,19). The minimum absolute atomic E-state index is 0.0310. The van der Waals surface area contributed by atoms with Gasteiger partial charge in [0.2, 0.25) is 5.91 Å². The van der Waals surface area contributed by atoms with Crippen molar-refractivity contribution in [3.63, 3.8) is 0 Å². The third-order valence-electron chi connectivity index (χ3n) is 2.81. The molecule has 2 heterocycles. The molecule has 0 unspecified atom stereocenters. The molecule has 0 aliphatic carbocycles. The summed E-state index contributed by atoms with van der Waals surface area (Å²) in [6, 6.07) is 11.6. The smallest absolute Gasteiger partial charge is 0.230 e. The Morgan fingerprint density at radius 3 is 2.90 bits per heavy atom. The molecule has 0 spiro atoms. The minimum Gasteiger partial charge on any atom is -0.355 e. The number of hydrogen-bond acceptors (Lipinski definition) is 4. The second-order valence-corrected chi connectivity index (χ2v) is 5.31. The van der Waals surface area contributed by atoms with E-state index in [1.165, 1.54) is 23.5 Å². The summed E-state index contributed by atoms with van der Waals surface area (Å²) >= 11 is 1.53. The van der Waals surface area contributed by atoms with Crippen molar-refractivity contribution >= 4 is 22.9 Å². The molecule has 1 aromatic carbocycles. The van der Waals surface area contributed by atoms with Crippen LogP contribution in [0.4, 0.5) is 10.1 Å². The molecule has 0 bridgehead atoms. The van der Waals surface area contributed by atoms with Gasteiger partial charge in [0, 0.05) is 6.07 Å². The molecule has 3 aromatic rings. The lowest BCUT2D eigenvalue weighted by Crippen LogP contribution is -2.15. The molecule has 4 nitrogen and oxygen atoms in total. The number of nitrogens with one attached hydrogen (secondary N) is 1. The van der Waals surface area contributed by atoms with Crippen molar-refractivity contribution in [2.45, 2.75) is 6.42 Å². The second kappa shape index (κ2) is 5.88. The maximum absolute atomic E-state index is 13.4. The topological polar surface area (TPSA) is 55.1 Å². The first kappa shape index (κ1) is 13.5. The van der Waals surface area contributed by atoms with Crippen molar-refractivity contribution in [2.24, 2.45) is 0 Å². The SMILES string of the molecule is O=C(Cc1cc(-c2cccs2)on1)Nc1ccccc1F. The summed E-state index contributed by atoms with van der Waals surface area (Å²) in [7, 11) is 0. The first-order chi connectivity index (χ1) is 10.2. The normalized spacial score (nSPS) is 10.5. The number of thiophene rings is 1. The van der Waals surface area contributed by atoms with E-state index in [0.717, 1.165) is 4.88 Å². The molecule has 1 N–H and O–H groups in total. The lowest BCUT2D eigenvalue weighted by Gasteiger charge is -2.04. The molecule has 0 aliphatic heterocycles. The van der Waals surface area contributed by atoms with Crippen LogP contribution in [-0.2, 0) is 11.2 Å². The zero-order valence-corrected chi connectivity index (χ0v) is 11.7. The van der Waals surface area contributed by atoms with Crippen molar-refractivity contribution in [2.75, 3.05) is 5.32 Å². The second-order valence-electron chi connectivity index (χ2n) is 4.36. The van der Waals surface area contributed by atoms with Crippen LogP contribution in [-0.4, -0.2) is 11.1 Å². The van der Waals surface area contributed by atoms with E-state index in [-0.39, 0.29) is 18.0 Å². The Hall–Kier alpha value is -2.47. The maximum atomic E-state index is 13.4. The monoisotopic (exact) mass is 302 g/mol. The third kappa shape index (κ3) is 3.17. The van der Waals surface area contributed by atoms with E-state index in [0.29, 0.717) is 11.5 Å². The Balaban J connectivity index is 1.67. The van der Waals surface area contributed by atoms with Crippen LogP contribution in [0.2, 0.25) is 0 Å². The number of hydrogen-bond donors (Lipinski definition) is 1. The van der Waals surface area contributed by atoms with Gasteiger partial charge in [0.15, 0.2) is 5.76 Å². The van der Waals surface area contributed by atoms with E-state index >= 15 is 0 Å². The minimum atomic E-state index is -0.467. The number of carbonyl (C=O) groups is 1. The van der Waals surface area contributed by atoms with Crippen molar-refractivity contribution in [3.05, 3.63) is 59.4 Å². The van der Waals surface area contributed by atoms with Crippen molar-refractivity contribution in [3.8, 4) is 10.6 Å². The first-order valence-electron chi connectivity index (χ1n) is 6.26. The van der Waals surface area contributed by atoms with E-state index in [1.807, 2.05) is 17.5 Å². The molecule has 0 aliphatic rings. The molecule has 0 saturated heterocycles. The van der Waals surface area contributed by atoms with Crippen LogP contribution < -0.4 is 5.32 Å². The first-order valence-corrected chi connectivity index (χ1v) is 7.14. The summed E-state index contributed by atoms with van der Waals surface area (Å²) in [4.78, 5) is 12.8. The Labute approximate surface area is 124 Å². The number of nitrogens with zero attached hydrogens (tertiary/aromatic N) is 1. The fraction of sp³-hybridized carbons (Fsp3) is 0.0667. The molecule has 106 valence electrons. The zero-order chi connectivity index (χ0) is 14.7. The van der Waals surface area contributed by atoms with Crippen molar-refractivity contribution in [1.82, 2.24) is 5.16 Å². The van der Waals surface area contributed by atoms with Gasteiger partial charge in [-0.1, -0.05) is 23.4 Å². The number of halogens is 1. The maximum Gasteiger partial charge on any atom is 0.230 e. The van der Waals surface area contributed by atoms with E-state index < -0.39 is 5.82 Å². The van der Waals surface area contributed by atoms with Gasteiger partial charge in [0.1, 0.15) is 5.82 Å². The third-order valence-corrected chi connectivity index (χ3v) is 3.70. The largest absolute Gasteiger partial charge is 0.355 e. The highest BCUT2D eigenvalue weighted by atomic mass is 32.1. The molecule has 2 aromatic heterocycles. The lowest BCUT2D eigenvalue weighted by molar-refractivity contribution is -0.115. The van der Waals surface area contributed by atoms with Crippen LogP contribution in [0.3, 0.4) is 0 Å². The van der Waals surface area contributed by atoms with Gasteiger partial charge < -0.3 is 9.84 Å². The molecular formula is C15H11FN2O2S. The van der Waals surface area contributed by atoms with E-state index in [1.54, 1.807) is 18.2 Å². The summed E-state index contributed by atoms with van der Waals surface area (Å²) in [5.41, 5.74) is 0.664. The number of para-hydroxylation sites is 1. The van der Waals surface area contributed by atoms with Crippen LogP contribution in [0.25, 0.3) is 10.6 Å². The number of rotatable bonds is 4. The average Bonchev–Trinajstić information content (AvgIpc) is 3.12. The molecule has 0 radical (unpaired) electrons. The van der Waals surface area contributed by atoms with Crippen LogP contribution in [0, 0.1) is 5.82 Å². The predicted molar refractivity (Wildman–Crippen MR) is 78.5 cm³/mol. The predicted octanol–water partition coefficient (Wildman–Crippen LogP) is 3.72. The number of amides is 1. The quantitative estimate of drug-likeness (QED) is 0.799. The Bertz CT molecular complexity index is 753. The molecule has 0 fully saturated rings. The van der Waals surface area contributed by atoms with Crippen molar-refractivity contribution < 1.29 is 13.7 Å². The molecule has 21 heavy (non-hydrogen) atoms. The summed E-state index contributed by atoms with van der Waals surface area (Å²) in [6.45, 7) is 0. The van der Waals surface area contributed by atoms with Crippen LogP contribution in [0.15, 0.2) is 52.4 Å². The van der Waals surface area contributed by atoms with Gasteiger partial charge >= 0.3 is 0 Å². The zero-order valence-electron chi connectivity index (χ0n) is 10.9. The highest BCUT2D eigenvalue weighted by Crippen LogP contribution is 2.25. The van der Waals surface area contributed by atoms with Gasteiger partial charge in [-0.3, -0.25) is 4.79 Å². The number of aromatic nitrogens is 1. The van der Waals surface area contributed by atoms with Crippen LogP contribution >= 0.6 is 11.3 Å². The Kier molecular flexibility index (Phi) is 3.79. The molecule has 0 atom stereocenters. The fourth-order valence-electron chi connectivity index (χ4n) is 1.85. The van der Waals surface area contributed by atoms with Gasteiger partial charge in [-0.05, 0) is 23.6 Å². The van der Waals surface area contributed by atoms with Gasteiger partial charge in [-0.15, -0.1) is 11.3 Å². The van der Waals surface area contributed by atoms with E-state index in [4.69, 9.17) is 4.52 Å². The van der Waals surface area contributed by atoms with Crippen molar-refractivity contribution in [1.29, 1.82) is 0 Å². The highest BCUT2D eigenvalue weighted by molar-refractivity contribution is 7.13. The van der Waals surface area contributed by atoms with Gasteiger partial charge in [0.05, 0.1) is 22.7 Å². The summed E-state index contributed by atoms with van der Waals surface area (Å²) in [6.07, 6.45) is 0.0310. The number of carbonyl (C=O) groups excluding carboxylic acids is 1. The Morgan fingerprint density at radius 2 is 2.14 bits per heavy atom. The number of anilines is 1. The van der Waals surface area contributed by atoms with Crippen LogP contribution in [0.1, 0.15) is 5.69 Å². The molecule has 3 rings (SSSR count). The lowest BCUT2D eigenvalue weighted by atomic mass is 10.2. The average molecular weight is 302 g/mol. The molecule has 6 heteroatoms. The van der Waals surface area contributed by atoms with Gasteiger partial charge in [-0.2, -0.15) is 0 Å².